The third-order valence-electron chi connectivity index (χ3n) is 4.55. The Morgan fingerprint density at radius 1 is 1.14 bits per heavy atom. The van der Waals surface area contributed by atoms with E-state index in [4.69, 9.17) is 27.9 Å². The van der Waals surface area contributed by atoms with Crippen molar-refractivity contribution < 1.29 is 17.9 Å². The summed E-state index contributed by atoms with van der Waals surface area (Å²) in [5.41, 5.74) is 0.708. The molecule has 0 N–H and O–H groups in total. The third-order valence-corrected chi connectivity index (χ3v) is 8.25. The average Bonchev–Trinajstić information content (AvgIpc) is 3.12. The molecule has 10 heteroatoms. The standard InChI is InChI=1S/C19H16Cl2N2O4S2/c20-12-4-6-15(7-5-12)27-9-18(24)22-19-23(14-3-1-2-13(21)8-14)16-10-29(25,26)11-17(16)28-19/h1-8,16-17H,9-11H2/t16-,17-/m0/s1. The number of aliphatic imine (C=N–C) groups is 1. The average molecular weight is 471 g/mol. The van der Waals surface area contributed by atoms with Gasteiger partial charge in [0.25, 0.3) is 5.91 Å². The zero-order valence-corrected chi connectivity index (χ0v) is 18.1. The van der Waals surface area contributed by atoms with E-state index in [1.165, 1.54) is 11.8 Å². The molecule has 2 fully saturated rings. The molecule has 2 saturated heterocycles. The molecule has 0 bridgehead atoms. The summed E-state index contributed by atoms with van der Waals surface area (Å²) in [6, 6.07) is 13.5. The molecule has 2 aliphatic rings. The van der Waals surface area contributed by atoms with E-state index in [1.807, 2.05) is 6.07 Å². The second-order valence-corrected chi connectivity index (χ2v) is 10.9. The van der Waals surface area contributed by atoms with Gasteiger partial charge in [0.05, 0.1) is 17.5 Å². The van der Waals surface area contributed by atoms with Gasteiger partial charge in [-0.3, -0.25) is 4.79 Å². The van der Waals surface area contributed by atoms with Crippen LogP contribution in [0.25, 0.3) is 0 Å². The number of hydrogen-bond acceptors (Lipinski definition) is 5. The van der Waals surface area contributed by atoms with Crippen LogP contribution in [0, 0.1) is 0 Å². The molecule has 0 spiro atoms. The molecular formula is C19H16Cl2N2O4S2. The van der Waals surface area contributed by atoms with Gasteiger partial charge in [-0.1, -0.05) is 41.0 Å². The van der Waals surface area contributed by atoms with Gasteiger partial charge in [-0.05, 0) is 42.5 Å². The topological polar surface area (TPSA) is 76.0 Å². The van der Waals surface area contributed by atoms with Crippen molar-refractivity contribution in [3.63, 3.8) is 0 Å². The molecule has 6 nitrogen and oxygen atoms in total. The summed E-state index contributed by atoms with van der Waals surface area (Å²) in [6.45, 7) is -0.233. The van der Waals surface area contributed by atoms with Crippen LogP contribution in [0.3, 0.4) is 0 Å². The van der Waals surface area contributed by atoms with Crippen molar-refractivity contribution in [2.45, 2.75) is 11.3 Å². The van der Waals surface area contributed by atoms with E-state index in [0.29, 0.717) is 26.6 Å². The van der Waals surface area contributed by atoms with E-state index in [0.717, 1.165) is 0 Å². The summed E-state index contributed by atoms with van der Waals surface area (Å²) in [4.78, 5) is 18.4. The van der Waals surface area contributed by atoms with Crippen LogP contribution in [0.15, 0.2) is 53.5 Å². The van der Waals surface area contributed by atoms with Gasteiger partial charge < -0.3 is 9.64 Å². The normalized spacial score (nSPS) is 23.9. The lowest BCUT2D eigenvalue weighted by molar-refractivity contribution is -0.119. The molecule has 0 saturated carbocycles. The Morgan fingerprint density at radius 3 is 2.62 bits per heavy atom. The highest BCUT2D eigenvalue weighted by Crippen LogP contribution is 2.41. The molecule has 2 aromatic carbocycles. The zero-order chi connectivity index (χ0) is 20.6. The summed E-state index contributed by atoms with van der Waals surface area (Å²) in [5.74, 6) is 0.133. The number of anilines is 1. The van der Waals surface area contributed by atoms with Gasteiger partial charge in [-0.15, -0.1) is 0 Å². The first-order valence-corrected chi connectivity index (χ1v) is 12.2. The number of sulfone groups is 1. The number of amides is 1. The molecule has 0 aliphatic carbocycles. The Bertz CT molecular complexity index is 1070. The highest BCUT2D eigenvalue weighted by molar-refractivity contribution is 8.16. The van der Waals surface area contributed by atoms with Crippen LogP contribution in [-0.2, 0) is 14.6 Å². The Balaban J connectivity index is 1.56. The van der Waals surface area contributed by atoms with Crippen LogP contribution < -0.4 is 9.64 Å². The van der Waals surface area contributed by atoms with Crippen LogP contribution in [0.5, 0.6) is 5.75 Å². The van der Waals surface area contributed by atoms with Gasteiger partial charge >= 0.3 is 0 Å². The maximum atomic E-state index is 12.4. The Morgan fingerprint density at radius 2 is 1.90 bits per heavy atom. The van der Waals surface area contributed by atoms with Crippen molar-refractivity contribution in [3.8, 4) is 5.75 Å². The van der Waals surface area contributed by atoms with E-state index in [2.05, 4.69) is 4.99 Å². The number of ether oxygens (including phenoxy) is 1. The molecule has 2 aromatic rings. The van der Waals surface area contributed by atoms with Gasteiger partial charge in [0.15, 0.2) is 21.6 Å². The van der Waals surface area contributed by atoms with E-state index in [1.54, 1.807) is 47.4 Å². The monoisotopic (exact) mass is 470 g/mol. The lowest BCUT2D eigenvalue weighted by Gasteiger charge is -2.24. The number of halogens is 2. The minimum atomic E-state index is -3.13. The Labute approximate surface area is 182 Å². The molecular weight excluding hydrogens is 455 g/mol. The molecule has 2 atom stereocenters. The molecule has 0 aromatic heterocycles. The molecule has 29 heavy (non-hydrogen) atoms. The van der Waals surface area contributed by atoms with Crippen molar-refractivity contribution in [1.29, 1.82) is 0 Å². The predicted octanol–water partition coefficient (Wildman–Crippen LogP) is 3.67. The summed E-state index contributed by atoms with van der Waals surface area (Å²) < 4.78 is 29.7. The maximum absolute atomic E-state index is 12.4. The molecule has 0 radical (unpaired) electrons. The first-order valence-electron chi connectivity index (χ1n) is 8.72. The van der Waals surface area contributed by atoms with Crippen LogP contribution in [0.4, 0.5) is 5.69 Å². The van der Waals surface area contributed by atoms with Crippen LogP contribution in [-0.4, -0.2) is 48.9 Å². The highest BCUT2D eigenvalue weighted by Gasteiger charge is 2.49. The number of fused-ring (bicyclic) bond motifs is 1. The van der Waals surface area contributed by atoms with Crippen LogP contribution in [0.2, 0.25) is 10.0 Å². The van der Waals surface area contributed by atoms with Gasteiger partial charge in [-0.25, -0.2) is 8.42 Å². The van der Waals surface area contributed by atoms with Gasteiger partial charge in [-0.2, -0.15) is 4.99 Å². The fraction of sp³-hybridized carbons (Fsp3) is 0.263. The number of hydrogen-bond donors (Lipinski definition) is 0. The van der Waals surface area contributed by atoms with Crippen LogP contribution in [0.1, 0.15) is 0 Å². The smallest absolute Gasteiger partial charge is 0.285 e. The molecule has 4 rings (SSSR count). The molecule has 2 aliphatic heterocycles. The lowest BCUT2D eigenvalue weighted by atomic mass is 10.2. The number of thioether (sulfide) groups is 1. The van der Waals surface area contributed by atoms with Crippen molar-refractivity contribution in [1.82, 2.24) is 0 Å². The van der Waals surface area contributed by atoms with E-state index < -0.39 is 15.7 Å². The fourth-order valence-electron chi connectivity index (χ4n) is 3.31. The number of carbonyl (C=O) groups excluding carboxylic acids is 1. The van der Waals surface area contributed by atoms with Crippen LogP contribution >= 0.6 is 35.0 Å². The minimum Gasteiger partial charge on any atom is -0.484 e. The third kappa shape index (κ3) is 4.71. The summed E-state index contributed by atoms with van der Waals surface area (Å²) in [6.07, 6.45) is 0. The molecule has 152 valence electrons. The van der Waals surface area contributed by atoms with Gasteiger partial charge in [0.1, 0.15) is 5.75 Å². The Hall–Kier alpha value is -1.74. The van der Waals surface area contributed by atoms with Crippen molar-refractivity contribution >= 4 is 61.6 Å². The summed E-state index contributed by atoms with van der Waals surface area (Å²) in [7, 11) is -3.13. The summed E-state index contributed by atoms with van der Waals surface area (Å²) in [5, 5.41) is 1.38. The quantitative estimate of drug-likeness (QED) is 0.678. The first-order chi connectivity index (χ1) is 13.8. The number of nitrogens with zero attached hydrogens (tertiary/aromatic N) is 2. The first kappa shape index (κ1) is 20.5. The number of benzene rings is 2. The van der Waals surface area contributed by atoms with Crippen molar-refractivity contribution in [3.05, 3.63) is 58.6 Å². The van der Waals surface area contributed by atoms with Gasteiger partial charge in [0, 0.05) is 21.0 Å². The lowest BCUT2D eigenvalue weighted by Crippen LogP contribution is -2.37. The Kier molecular flexibility index (Phi) is 5.79. The SMILES string of the molecule is O=C(COc1ccc(Cl)cc1)N=C1S[C@H]2CS(=O)(=O)C[C@@H]2N1c1cccc(Cl)c1. The number of rotatable bonds is 4. The van der Waals surface area contributed by atoms with Crippen molar-refractivity contribution in [2.24, 2.45) is 4.99 Å². The minimum absolute atomic E-state index is 0.0195. The zero-order valence-electron chi connectivity index (χ0n) is 15.0. The second kappa shape index (κ2) is 8.18. The van der Waals surface area contributed by atoms with Gasteiger partial charge in [0.2, 0.25) is 0 Å². The highest BCUT2D eigenvalue weighted by atomic mass is 35.5. The number of amidine groups is 1. The van der Waals surface area contributed by atoms with E-state index in [-0.39, 0.29) is 29.4 Å². The largest absolute Gasteiger partial charge is 0.484 e. The summed E-state index contributed by atoms with van der Waals surface area (Å²) >= 11 is 13.3. The molecule has 2 heterocycles. The maximum Gasteiger partial charge on any atom is 0.285 e. The number of carbonyl (C=O) groups is 1. The van der Waals surface area contributed by atoms with E-state index in [9.17, 15) is 13.2 Å². The predicted molar refractivity (Wildman–Crippen MR) is 117 cm³/mol. The second-order valence-electron chi connectivity index (χ2n) is 6.68. The van der Waals surface area contributed by atoms with Crippen molar-refractivity contribution in [2.75, 3.05) is 23.0 Å². The van der Waals surface area contributed by atoms with E-state index >= 15 is 0 Å². The molecule has 1 amide bonds. The fourth-order valence-corrected chi connectivity index (χ4v) is 7.55. The molecule has 0 unspecified atom stereocenters.